The van der Waals surface area contributed by atoms with Crippen molar-refractivity contribution in [2.24, 2.45) is 0 Å². The number of nitrogens with zero attached hydrogens (tertiary/aromatic N) is 4. The van der Waals surface area contributed by atoms with Crippen LogP contribution >= 0.6 is 15.9 Å². The van der Waals surface area contributed by atoms with Crippen LogP contribution in [-0.4, -0.2) is 40.9 Å². The molecule has 0 aliphatic carbocycles. The van der Waals surface area contributed by atoms with Gasteiger partial charge in [0.05, 0.1) is 17.3 Å². The van der Waals surface area contributed by atoms with E-state index in [9.17, 15) is 17.6 Å². The predicted octanol–water partition coefficient (Wildman–Crippen LogP) is 2.25. The topological polar surface area (TPSA) is 106 Å². The van der Waals surface area contributed by atoms with E-state index in [4.69, 9.17) is 4.74 Å². The van der Waals surface area contributed by atoms with Crippen molar-refractivity contribution in [2.45, 2.75) is 13.0 Å². The number of benzene rings is 1. The van der Waals surface area contributed by atoms with E-state index in [0.29, 0.717) is 17.0 Å². The zero-order valence-electron chi connectivity index (χ0n) is 16.2. The fraction of sp³-hybridized carbons (Fsp3) is 0.211. The molecule has 3 aromatic rings. The van der Waals surface area contributed by atoms with Crippen molar-refractivity contribution in [3.8, 4) is 11.4 Å². The van der Waals surface area contributed by atoms with E-state index >= 15 is 0 Å². The monoisotopic (exact) mass is 509 g/mol. The molecule has 3 heterocycles. The van der Waals surface area contributed by atoms with Crippen molar-refractivity contribution in [1.29, 1.82) is 0 Å². The molecule has 0 bridgehead atoms. The zero-order valence-corrected chi connectivity index (χ0v) is 18.7. The molecule has 0 atom stereocenters. The third-order valence-electron chi connectivity index (χ3n) is 4.82. The third-order valence-corrected chi connectivity index (χ3v) is 6.86. The van der Waals surface area contributed by atoms with Crippen LogP contribution in [0.4, 0.5) is 10.3 Å². The van der Waals surface area contributed by atoms with Gasteiger partial charge in [0.2, 0.25) is 5.95 Å². The molecule has 0 saturated carbocycles. The number of methoxy groups -OCH3 is 1. The van der Waals surface area contributed by atoms with Gasteiger partial charge in [0.1, 0.15) is 11.6 Å². The fourth-order valence-corrected chi connectivity index (χ4v) is 4.82. The summed E-state index contributed by atoms with van der Waals surface area (Å²) in [6, 6.07) is 7.13. The minimum atomic E-state index is -3.91. The van der Waals surface area contributed by atoms with Crippen LogP contribution in [0.1, 0.15) is 11.3 Å². The first kappa shape index (κ1) is 21.4. The normalized spacial score (nSPS) is 14.2. The Morgan fingerprint density at radius 1 is 1.23 bits per heavy atom. The third kappa shape index (κ3) is 4.18. The summed E-state index contributed by atoms with van der Waals surface area (Å²) in [5.41, 5.74) is 1.09. The van der Waals surface area contributed by atoms with Crippen LogP contribution in [-0.2, 0) is 23.2 Å². The SMILES string of the molecule is COc1cc(Br)c(F)cc1-n1c2c(ccc1=O)CN(S(=O)(=O)Nc1ncccn1)CC2. The number of nitrogens with one attached hydrogen (secondary N) is 1. The lowest BCUT2D eigenvalue weighted by Gasteiger charge is -2.29. The molecule has 1 aliphatic heterocycles. The van der Waals surface area contributed by atoms with Gasteiger partial charge in [-0.1, -0.05) is 6.07 Å². The van der Waals surface area contributed by atoms with Crippen LogP contribution < -0.4 is 15.0 Å². The fourth-order valence-electron chi connectivity index (χ4n) is 3.39. The molecule has 162 valence electrons. The molecule has 12 heteroatoms. The summed E-state index contributed by atoms with van der Waals surface area (Å²) >= 11 is 3.11. The van der Waals surface area contributed by atoms with Crippen molar-refractivity contribution in [3.05, 3.63) is 74.6 Å². The molecule has 9 nitrogen and oxygen atoms in total. The van der Waals surface area contributed by atoms with Gasteiger partial charge in [0.25, 0.3) is 5.56 Å². The highest BCUT2D eigenvalue weighted by Gasteiger charge is 2.30. The van der Waals surface area contributed by atoms with E-state index in [1.807, 2.05) is 0 Å². The number of hydrogen-bond donors (Lipinski definition) is 1. The summed E-state index contributed by atoms with van der Waals surface area (Å²) in [6.45, 7) is 0.138. The largest absolute Gasteiger partial charge is 0.495 e. The number of pyridine rings is 1. The van der Waals surface area contributed by atoms with Gasteiger partial charge in [0.15, 0.2) is 0 Å². The molecule has 0 amide bonds. The maximum absolute atomic E-state index is 14.2. The van der Waals surface area contributed by atoms with Crippen LogP contribution in [0.3, 0.4) is 0 Å². The van der Waals surface area contributed by atoms with Gasteiger partial charge < -0.3 is 4.74 Å². The van der Waals surface area contributed by atoms with E-state index in [0.717, 1.165) is 0 Å². The van der Waals surface area contributed by atoms with E-state index in [1.54, 1.807) is 12.1 Å². The lowest BCUT2D eigenvalue weighted by Crippen LogP contribution is -2.41. The van der Waals surface area contributed by atoms with Crippen molar-refractivity contribution >= 4 is 32.1 Å². The summed E-state index contributed by atoms with van der Waals surface area (Å²) in [6.07, 6.45) is 3.10. The molecule has 0 unspecified atom stereocenters. The smallest absolute Gasteiger partial charge is 0.304 e. The average Bonchev–Trinajstić information content (AvgIpc) is 2.75. The molecule has 0 fully saturated rings. The Morgan fingerprint density at radius 3 is 2.68 bits per heavy atom. The molecular formula is C19H17BrFN5O4S. The van der Waals surface area contributed by atoms with Gasteiger partial charge in [-0.2, -0.15) is 12.7 Å². The number of ether oxygens (including phenoxy) is 1. The van der Waals surface area contributed by atoms with Crippen LogP contribution in [0.5, 0.6) is 5.75 Å². The second-order valence-corrected chi connectivity index (χ2v) is 9.21. The molecule has 4 rings (SSSR count). The van der Waals surface area contributed by atoms with Crippen molar-refractivity contribution in [1.82, 2.24) is 18.8 Å². The van der Waals surface area contributed by atoms with E-state index in [2.05, 4.69) is 30.6 Å². The van der Waals surface area contributed by atoms with Gasteiger partial charge in [-0.25, -0.2) is 19.1 Å². The molecule has 31 heavy (non-hydrogen) atoms. The Hall–Kier alpha value is -2.83. The van der Waals surface area contributed by atoms with Gasteiger partial charge >= 0.3 is 10.2 Å². The second kappa shape index (κ2) is 8.36. The Bertz CT molecular complexity index is 1300. The van der Waals surface area contributed by atoms with Crippen molar-refractivity contribution in [2.75, 3.05) is 18.4 Å². The first-order chi connectivity index (χ1) is 14.8. The minimum Gasteiger partial charge on any atom is -0.495 e. The Balaban J connectivity index is 1.72. The molecule has 0 radical (unpaired) electrons. The predicted molar refractivity (Wildman–Crippen MR) is 115 cm³/mol. The average molecular weight is 510 g/mol. The Labute approximate surface area is 185 Å². The molecule has 0 saturated heterocycles. The Kier molecular flexibility index (Phi) is 5.77. The summed E-state index contributed by atoms with van der Waals surface area (Å²) in [7, 11) is -2.49. The number of aromatic nitrogens is 3. The van der Waals surface area contributed by atoms with Crippen LogP contribution in [0.25, 0.3) is 5.69 Å². The quantitative estimate of drug-likeness (QED) is 0.565. The Morgan fingerprint density at radius 2 is 1.97 bits per heavy atom. The summed E-state index contributed by atoms with van der Waals surface area (Å²) < 4.78 is 50.2. The van der Waals surface area contributed by atoms with Crippen LogP contribution in [0.15, 0.2) is 52.0 Å². The molecule has 1 aromatic carbocycles. The van der Waals surface area contributed by atoms with Crippen LogP contribution in [0, 0.1) is 5.82 Å². The highest BCUT2D eigenvalue weighted by atomic mass is 79.9. The first-order valence-corrected chi connectivity index (χ1v) is 11.4. The highest BCUT2D eigenvalue weighted by Crippen LogP contribution is 2.31. The zero-order chi connectivity index (χ0) is 22.2. The summed E-state index contributed by atoms with van der Waals surface area (Å²) in [5.74, 6) is -0.276. The molecule has 2 aromatic heterocycles. The maximum Gasteiger partial charge on any atom is 0.304 e. The number of fused-ring (bicyclic) bond motifs is 1. The number of rotatable bonds is 5. The summed E-state index contributed by atoms with van der Waals surface area (Å²) in [5, 5.41) is 0. The van der Waals surface area contributed by atoms with Gasteiger partial charge in [-0.05, 0) is 33.6 Å². The number of hydrogen-bond acceptors (Lipinski definition) is 6. The van der Waals surface area contributed by atoms with E-state index in [1.165, 1.54) is 46.6 Å². The lowest BCUT2D eigenvalue weighted by molar-refractivity contribution is 0.385. The minimum absolute atomic E-state index is 0.0269. The maximum atomic E-state index is 14.2. The van der Waals surface area contributed by atoms with E-state index < -0.39 is 16.0 Å². The first-order valence-electron chi connectivity index (χ1n) is 9.12. The molecule has 1 N–H and O–H groups in total. The highest BCUT2D eigenvalue weighted by molar-refractivity contribution is 9.10. The summed E-state index contributed by atoms with van der Waals surface area (Å²) in [4.78, 5) is 20.4. The van der Waals surface area contributed by atoms with Crippen molar-refractivity contribution in [3.63, 3.8) is 0 Å². The molecule has 0 spiro atoms. The molecular weight excluding hydrogens is 493 g/mol. The lowest BCUT2D eigenvalue weighted by atomic mass is 10.1. The second-order valence-electron chi connectivity index (χ2n) is 6.68. The van der Waals surface area contributed by atoms with Gasteiger partial charge in [-0.3, -0.25) is 9.36 Å². The molecule has 1 aliphatic rings. The number of anilines is 1. The number of halogens is 2. The van der Waals surface area contributed by atoms with Gasteiger partial charge in [-0.15, -0.1) is 0 Å². The van der Waals surface area contributed by atoms with Gasteiger partial charge in [0, 0.05) is 49.7 Å². The standard InChI is InChI=1S/C19H17BrFN5O4S/c1-30-17-9-13(20)14(21)10-16(17)26-15-5-8-25(11-12(15)3-4-18(26)27)31(28,29)24-19-22-6-2-7-23-19/h2-4,6-7,9-10H,5,8,11H2,1H3,(H,22,23,24). The van der Waals surface area contributed by atoms with Crippen LogP contribution in [0.2, 0.25) is 0 Å². The van der Waals surface area contributed by atoms with Crippen molar-refractivity contribution < 1.29 is 17.5 Å². The van der Waals surface area contributed by atoms with E-state index in [-0.39, 0.29) is 41.2 Å².